The SMILES string of the molecule is CC(C)Nc1cnc(C(C)C)nc1CNC1CC1. The maximum atomic E-state index is 4.69. The van der Waals surface area contributed by atoms with Crippen molar-refractivity contribution in [2.24, 2.45) is 0 Å². The van der Waals surface area contributed by atoms with Crippen LogP contribution in [0.15, 0.2) is 6.20 Å². The van der Waals surface area contributed by atoms with Gasteiger partial charge in [-0.25, -0.2) is 9.97 Å². The van der Waals surface area contributed by atoms with E-state index in [0.29, 0.717) is 18.0 Å². The smallest absolute Gasteiger partial charge is 0.131 e. The first kappa shape index (κ1) is 13.3. The Balaban J connectivity index is 2.14. The summed E-state index contributed by atoms with van der Waals surface area (Å²) < 4.78 is 0. The lowest BCUT2D eigenvalue weighted by Crippen LogP contribution is -2.20. The summed E-state index contributed by atoms with van der Waals surface area (Å²) >= 11 is 0. The van der Waals surface area contributed by atoms with Gasteiger partial charge in [-0.2, -0.15) is 0 Å². The number of rotatable bonds is 6. The lowest BCUT2D eigenvalue weighted by Gasteiger charge is -2.16. The average Bonchev–Trinajstić information content (AvgIpc) is 3.10. The number of anilines is 1. The molecule has 0 aliphatic heterocycles. The van der Waals surface area contributed by atoms with Gasteiger partial charge in [0.05, 0.1) is 17.6 Å². The first-order valence-corrected chi connectivity index (χ1v) is 6.92. The third-order valence-corrected chi connectivity index (χ3v) is 2.98. The summed E-state index contributed by atoms with van der Waals surface area (Å²) in [6.07, 6.45) is 4.52. The van der Waals surface area contributed by atoms with Crippen LogP contribution in [0.5, 0.6) is 0 Å². The molecule has 100 valence electrons. The zero-order valence-electron chi connectivity index (χ0n) is 11.8. The lowest BCUT2D eigenvalue weighted by molar-refractivity contribution is 0.659. The van der Waals surface area contributed by atoms with E-state index in [4.69, 9.17) is 0 Å². The van der Waals surface area contributed by atoms with Crippen molar-refractivity contribution in [1.82, 2.24) is 15.3 Å². The van der Waals surface area contributed by atoms with E-state index in [1.165, 1.54) is 12.8 Å². The molecule has 1 aliphatic rings. The van der Waals surface area contributed by atoms with Gasteiger partial charge in [0.25, 0.3) is 0 Å². The van der Waals surface area contributed by atoms with Crippen LogP contribution in [0.4, 0.5) is 5.69 Å². The van der Waals surface area contributed by atoms with Crippen molar-refractivity contribution in [2.75, 3.05) is 5.32 Å². The van der Waals surface area contributed by atoms with E-state index in [9.17, 15) is 0 Å². The van der Waals surface area contributed by atoms with E-state index in [0.717, 1.165) is 23.8 Å². The van der Waals surface area contributed by atoms with Crippen LogP contribution in [0.1, 0.15) is 58.0 Å². The van der Waals surface area contributed by atoms with E-state index in [1.807, 2.05) is 6.20 Å². The highest BCUT2D eigenvalue weighted by atomic mass is 15.0. The molecule has 0 atom stereocenters. The van der Waals surface area contributed by atoms with Gasteiger partial charge in [-0.05, 0) is 26.7 Å². The molecule has 1 aromatic rings. The number of hydrogen-bond acceptors (Lipinski definition) is 4. The van der Waals surface area contributed by atoms with Crippen LogP contribution in [0, 0.1) is 0 Å². The molecule has 4 heteroatoms. The normalized spacial score (nSPS) is 15.4. The van der Waals surface area contributed by atoms with Gasteiger partial charge >= 0.3 is 0 Å². The van der Waals surface area contributed by atoms with Gasteiger partial charge in [0.1, 0.15) is 5.82 Å². The van der Waals surface area contributed by atoms with Gasteiger partial charge in [0.15, 0.2) is 0 Å². The summed E-state index contributed by atoms with van der Waals surface area (Å²) in [7, 11) is 0. The Kier molecular flexibility index (Phi) is 4.17. The Hall–Kier alpha value is -1.16. The van der Waals surface area contributed by atoms with Crippen LogP contribution < -0.4 is 10.6 Å². The van der Waals surface area contributed by atoms with E-state index in [2.05, 4.69) is 48.3 Å². The molecule has 1 fully saturated rings. The molecule has 0 saturated heterocycles. The standard InChI is InChI=1S/C14H24N4/c1-9(2)14-16-8-12(17-10(3)4)13(18-14)7-15-11-5-6-11/h8-11,15,17H,5-7H2,1-4H3. The molecule has 1 aromatic heterocycles. The molecule has 0 unspecified atom stereocenters. The molecule has 18 heavy (non-hydrogen) atoms. The molecule has 2 N–H and O–H groups in total. The Bertz CT molecular complexity index is 397. The van der Waals surface area contributed by atoms with E-state index < -0.39 is 0 Å². The average molecular weight is 248 g/mol. The molecule has 1 aliphatic carbocycles. The van der Waals surface area contributed by atoms with Crippen LogP contribution >= 0.6 is 0 Å². The molecule has 0 aromatic carbocycles. The minimum Gasteiger partial charge on any atom is -0.380 e. The van der Waals surface area contributed by atoms with E-state index in [-0.39, 0.29) is 0 Å². The first-order chi connectivity index (χ1) is 8.56. The summed E-state index contributed by atoms with van der Waals surface area (Å²) in [5.74, 6) is 1.30. The minimum absolute atomic E-state index is 0.373. The summed E-state index contributed by atoms with van der Waals surface area (Å²) in [5, 5.41) is 6.94. The topological polar surface area (TPSA) is 49.8 Å². The number of nitrogens with one attached hydrogen (secondary N) is 2. The van der Waals surface area contributed by atoms with E-state index in [1.54, 1.807) is 0 Å². The fraction of sp³-hybridized carbons (Fsp3) is 0.714. The highest BCUT2D eigenvalue weighted by molar-refractivity contribution is 5.46. The third kappa shape index (κ3) is 3.67. The quantitative estimate of drug-likeness (QED) is 0.812. The highest BCUT2D eigenvalue weighted by Gasteiger charge is 2.21. The Morgan fingerprint density at radius 3 is 2.56 bits per heavy atom. The predicted octanol–water partition coefficient (Wildman–Crippen LogP) is 2.67. The van der Waals surface area contributed by atoms with Gasteiger partial charge in [-0.15, -0.1) is 0 Å². The van der Waals surface area contributed by atoms with Crippen LogP contribution in [-0.4, -0.2) is 22.1 Å². The molecule has 0 radical (unpaired) electrons. The van der Waals surface area contributed by atoms with Crippen molar-refractivity contribution in [3.8, 4) is 0 Å². The highest BCUT2D eigenvalue weighted by Crippen LogP contribution is 2.21. The minimum atomic E-state index is 0.373. The Labute approximate surface area is 110 Å². The summed E-state index contributed by atoms with van der Waals surface area (Å²) in [6.45, 7) is 9.36. The third-order valence-electron chi connectivity index (χ3n) is 2.98. The number of nitrogens with zero attached hydrogens (tertiary/aromatic N) is 2. The van der Waals surface area contributed by atoms with Crippen LogP contribution in [0.25, 0.3) is 0 Å². The van der Waals surface area contributed by atoms with Crippen molar-refractivity contribution in [3.63, 3.8) is 0 Å². The van der Waals surface area contributed by atoms with E-state index >= 15 is 0 Å². The second-order valence-corrected chi connectivity index (χ2v) is 5.70. The lowest BCUT2D eigenvalue weighted by atomic mass is 10.2. The summed E-state index contributed by atoms with van der Waals surface area (Å²) in [6, 6.07) is 1.10. The molecule has 0 bridgehead atoms. The zero-order valence-corrected chi connectivity index (χ0v) is 11.8. The molecule has 4 nitrogen and oxygen atoms in total. The van der Waals surface area contributed by atoms with Gasteiger partial charge < -0.3 is 10.6 Å². The summed E-state index contributed by atoms with van der Waals surface area (Å²) in [4.78, 5) is 9.12. The summed E-state index contributed by atoms with van der Waals surface area (Å²) in [5.41, 5.74) is 2.15. The fourth-order valence-corrected chi connectivity index (χ4v) is 1.81. The Morgan fingerprint density at radius 2 is 2.00 bits per heavy atom. The van der Waals surface area contributed by atoms with Gasteiger partial charge in [-0.3, -0.25) is 0 Å². The number of aromatic nitrogens is 2. The molecule has 2 rings (SSSR count). The van der Waals surface area contributed by atoms with Gasteiger partial charge in [0.2, 0.25) is 0 Å². The van der Waals surface area contributed by atoms with Crippen molar-refractivity contribution in [1.29, 1.82) is 0 Å². The van der Waals surface area contributed by atoms with Crippen molar-refractivity contribution in [2.45, 2.75) is 65.1 Å². The first-order valence-electron chi connectivity index (χ1n) is 6.92. The van der Waals surface area contributed by atoms with Crippen molar-refractivity contribution >= 4 is 5.69 Å². The van der Waals surface area contributed by atoms with Crippen LogP contribution in [0.3, 0.4) is 0 Å². The molecular weight excluding hydrogens is 224 g/mol. The molecule has 0 spiro atoms. The molecule has 1 saturated carbocycles. The molecule has 0 amide bonds. The second-order valence-electron chi connectivity index (χ2n) is 5.70. The van der Waals surface area contributed by atoms with Crippen LogP contribution in [-0.2, 0) is 6.54 Å². The largest absolute Gasteiger partial charge is 0.380 e. The van der Waals surface area contributed by atoms with Gasteiger partial charge in [0, 0.05) is 24.5 Å². The zero-order chi connectivity index (χ0) is 13.1. The maximum Gasteiger partial charge on any atom is 0.131 e. The molecular formula is C14H24N4. The number of hydrogen-bond donors (Lipinski definition) is 2. The van der Waals surface area contributed by atoms with Crippen molar-refractivity contribution in [3.05, 3.63) is 17.7 Å². The van der Waals surface area contributed by atoms with Gasteiger partial charge in [-0.1, -0.05) is 13.8 Å². The molecule has 1 heterocycles. The fourth-order valence-electron chi connectivity index (χ4n) is 1.81. The Morgan fingerprint density at radius 1 is 1.28 bits per heavy atom. The monoisotopic (exact) mass is 248 g/mol. The predicted molar refractivity (Wildman–Crippen MR) is 74.7 cm³/mol. The van der Waals surface area contributed by atoms with Crippen LogP contribution in [0.2, 0.25) is 0 Å². The van der Waals surface area contributed by atoms with Crippen molar-refractivity contribution < 1.29 is 0 Å². The second kappa shape index (κ2) is 5.65. The maximum absolute atomic E-state index is 4.69.